The molecule has 29 heavy (non-hydrogen) atoms. The lowest BCUT2D eigenvalue weighted by atomic mass is 10.2. The summed E-state index contributed by atoms with van der Waals surface area (Å²) in [5.74, 6) is 2.89. The van der Waals surface area contributed by atoms with E-state index in [4.69, 9.17) is 4.42 Å². The normalized spacial score (nSPS) is 11.6. The average molecular weight is 393 g/mol. The molecule has 4 aromatic rings. The van der Waals surface area contributed by atoms with Gasteiger partial charge < -0.3 is 14.7 Å². The molecular formula is C19H23N9O. The van der Waals surface area contributed by atoms with Crippen molar-refractivity contribution in [2.75, 3.05) is 6.54 Å². The van der Waals surface area contributed by atoms with E-state index in [2.05, 4.69) is 60.9 Å². The molecule has 0 spiro atoms. The van der Waals surface area contributed by atoms with Crippen molar-refractivity contribution >= 4 is 18.2 Å². The number of aromatic amines is 1. The van der Waals surface area contributed by atoms with Gasteiger partial charge in [0.1, 0.15) is 17.8 Å². The highest BCUT2D eigenvalue weighted by Gasteiger charge is 2.18. The first kappa shape index (κ1) is 18.9. The van der Waals surface area contributed by atoms with Crippen molar-refractivity contribution in [2.45, 2.75) is 39.7 Å². The monoisotopic (exact) mass is 393 g/mol. The van der Waals surface area contributed by atoms with Gasteiger partial charge >= 0.3 is 0 Å². The van der Waals surface area contributed by atoms with Gasteiger partial charge in [0.05, 0.1) is 11.9 Å². The Hall–Kier alpha value is -3.40. The van der Waals surface area contributed by atoms with Gasteiger partial charge in [-0.1, -0.05) is 13.8 Å². The summed E-state index contributed by atoms with van der Waals surface area (Å²) in [7, 11) is 0. The van der Waals surface area contributed by atoms with Crippen LogP contribution in [0.15, 0.2) is 28.1 Å². The van der Waals surface area contributed by atoms with Crippen LogP contribution in [-0.2, 0) is 13.0 Å². The summed E-state index contributed by atoms with van der Waals surface area (Å²) in [6, 6.07) is 0. The number of aryl methyl sites for hydroxylation is 1. The van der Waals surface area contributed by atoms with Crippen molar-refractivity contribution in [3.05, 3.63) is 41.7 Å². The van der Waals surface area contributed by atoms with Gasteiger partial charge in [-0.3, -0.25) is 0 Å². The minimum absolute atomic E-state index is 0.386. The lowest BCUT2D eigenvalue weighted by Crippen LogP contribution is -2.17. The van der Waals surface area contributed by atoms with Crippen LogP contribution in [0, 0.1) is 6.92 Å². The van der Waals surface area contributed by atoms with E-state index in [-0.39, 0.29) is 0 Å². The Morgan fingerprint density at radius 1 is 1.31 bits per heavy atom. The molecule has 4 rings (SSSR count). The summed E-state index contributed by atoms with van der Waals surface area (Å²) in [6.07, 6.45) is 5.61. The lowest BCUT2D eigenvalue weighted by Gasteiger charge is -2.04. The van der Waals surface area contributed by atoms with E-state index in [1.807, 2.05) is 13.1 Å². The number of hydrogen-bond donors (Lipinski definition) is 2. The smallest absolute Gasteiger partial charge is 0.247 e. The Morgan fingerprint density at radius 2 is 2.17 bits per heavy atom. The SMILES string of the molecule is C=Nc1nc(-c2ncco2)c(C)n2nc(CCNCc3cnc(C(C)C)[nH]3)nc12. The fraction of sp³-hybridized carbons (Fsp3) is 0.368. The van der Waals surface area contributed by atoms with Gasteiger partial charge in [-0.05, 0) is 13.6 Å². The Kier molecular flexibility index (Phi) is 5.17. The number of aromatic nitrogens is 7. The molecule has 2 N–H and O–H groups in total. The molecule has 0 aliphatic rings. The first-order chi connectivity index (χ1) is 14.1. The summed E-state index contributed by atoms with van der Waals surface area (Å²) in [5, 5.41) is 8.00. The van der Waals surface area contributed by atoms with Crippen molar-refractivity contribution in [3.63, 3.8) is 0 Å². The zero-order valence-electron chi connectivity index (χ0n) is 16.7. The van der Waals surface area contributed by atoms with Gasteiger partial charge in [0, 0.05) is 37.3 Å². The molecule has 0 radical (unpaired) electrons. The van der Waals surface area contributed by atoms with Gasteiger partial charge in [-0.25, -0.2) is 29.4 Å². The molecular weight excluding hydrogens is 370 g/mol. The molecule has 150 valence electrons. The predicted molar refractivity (Wildman–Crippen MR) is 108 cm³/mol. The molecule has 0 bridgehead atoms. The molecule has 0 unspecified atom stereocenters. The third-order valence-corrected chi connectivity index (χ3v) is 4.55. The minimum atomic E-state index is 0.386. The Morgan fingerprint density at radius 3 is 2.86 bits per heavy atom. The largest absolute Gasteiger partial charge is 0.443 e. The van der Waals surface area contributed by atoms with Crippen molar-refractivity contribution in [1.82, 2.24) is 39.9 Å². The van der Waals surface area contributed by atoms with Crippen LogP contribution in [0.25, 0.3) is 17.2 Å². The Balaban J connectivity index is 1.48. The van der Waals surface area contributed by atoms with Crippen LogP contribution >= 0.6 is 0 Å². The van der Waals surface area contributed by atoms with E-state index in [1.54, 1.807) is 10.7 Å². The first-order valence-corrected chi connectivity index (χ1v) is 9.44. The number of rotatable bonds is 8. The van der Waals surface area contributed by atoms with Gasteiger partial charge in [-0.15, -0.1) is 0 Å². The molecule has 10 nitrogen and oxygen atoms in total. The van der Waals surface area contributed by atoms with Crippen LogP contribution in [-0.4, -0.2) is 47.8 Å². The highest BCUT2D eigenvalue weighted by Crippen LogP contribution is 2.25. The zero-order chi connectivity index (χ0) is 20.4. The maximum absolute atomic E-state index is 5.38. The van der Waals surface area contributed by atoms with Crippen LogP contribution in [0.4, 0.5) is 5.82 Å². The van der Waals surface area contributed by atoms with Gasteiger partial charge in [0.2, 0.25) is 11.5 Å². The number of fused-ring (bicyclic) bond motifs is 1. The summed E-state index contributed by atoms with van der Waals surface area (Å²) in [5.41, 5.74) is 2.98. The second-order valence-electron chi connectivity index (χ2n) is 7.00. The van der Waals surface area contributed by atoms with Crippen LogP contribution in [0.1, 0.15) is 42.8 Å². The number of imidazole rings is 1. The highest BCUT2D eigenvalue weighted by molar-refractivity contribution is 5.67. The summed E-state index contributed by atoms with van der Waals surface area (Å²) >= 11 is 0. The molecule has 0 amide bonds. The number of oxazole rings is 1. The fourth-order valence-electron chi connectivity index (χ4n) is 3.01. The first-order valence-electron chi connectivity index (χ1n) is 9.44. The quantitative estimate of drug-likeness (QED) is 0.348. The van der Waals surface area contributed by atoms with Crippen molar-refractivity contribution in [2.24, 2.45) is 4.99 Å². The molecule has 4 aromatic heterocycles. The molecule has 10 heteroatoms. The molecule has 0 aliphatic carbocycles. The highest BCUT2D eigenvalue weighted by atomic mass is 16.3. The number of H-pyrrole nitrogens is 1. The molecule has 0 atom stereocenters. The number of hydrogen-bond acceptors (Lipinski definition) is 8. The topological polar surface area (TPSA) is 122 Å². The zero-order valence-corrected chi connectivity index (χ0v) is 16.7. The maximum atomic E-state index is 5.38. The van der Waals surface area contributed by atoms with Crippen molar-refractivity contribution in [3.8, 4) is 11.6 Å². The minimum Gasteiger partial charge on any atom is -0.443 e. The molecule has 0 fully saturated rings. The number of nitrogens with one attached hydrogen (secondary N) is 2. The molecule has 4 heterocycles. The fourth-order valence-corrected chi connectivity index (χ4v) is 3.01. The Bertz CT molecular complexity index is 1120. The standard InChI is InChI=1S/C19H23N9O/c1-11(2)16-23-10-13(24-16)9-21-6-5-14-25-18-17(20-4)26-15(12(3)28(18)27-14)19-22-7-8-29-19/h7-8,10-11,21H,4-6,9H2,1-3H3,(H,23,24). The average Bonchev–Trinajstić information content (AvgIpc) is 3.45. The van der Waals surface area contributed by atoms with Crippen LogP contribution in [0.3, 0.4) is 0 Å². The second-order valence-corrected chi connectivity index (χ2v) is 7.00. The van der Waals surface area contributed by atoms with Crippen LogP contribution < -0.4 is 5.32 Å². The van der Waals surface area contributed by atoms with E-state index < -0.39 is 0 Å². The summed E-state index contributed by atoms with van der Waals surface area (Å²) in [6.45, 7) is 11.2. The summed E-state index contributed by atoms with van der Waals surface area (Å²) < 4.78 is 7.10. The second kappa shape index (κ2) is 7.92. The molecule has 0 aromatic carbocycles. The van der Waals surface area contributed by atoms with Crippen molar-refractivity contribution in [1.29, 1.82) is 0 Å². The van der Waals surface area contributed by atoms with Crippen LogP contribution in [0.5, 0.6) is 0 Å². The number of nitrogens with zero attached hydrogens (tertiary/aromatic N) is 7. The molecule has 0 saturated heterocycles. The third kappa shape index (κ3) is 3.79. The lowest BCUT2D eigenvalue weighted by molar-refractivity contribution is 0.570. The van der Waals surface area contributed by atoms with Crippen molar-refractivity contribution < 1.29 is 4.42 Å². The maximum Gasteiger partial charge on any atom is 0.247 e. The van der Waals surface area contributed by atoms with E-state index in [0.29, 0.717) is 47.8 Å². The van der Waals surface area contributed by atoms with Gasteiger partial charge in [0.25, 0.3) is 0 Å². The Labute approximate surface area is 167 Å². The van der Waals surface area contributed by atoms with E-state index >= 15 is 0 Å². The van der Waals surface area contributed by atoms with E-state index in [0.717, 1.165) is 23.8 Å². The van der Waals surface area contributed by atoms with E-state index in [9.17, 15) is 0 Å². The number of aliphatic imine (C=N–C) groups is 1. The third-order valence-electron chi connectivity index (χ3n) is 4.55. The van der Waals surface area contributed by atoms with Gasteiger partial charge in [0.15, 0.2) is 11.6 Å². The summed E-state index contributed by atoms with van der Waals surface area (Å²) in [4.78, 5) is 24.9. The van der Waals surface area contributed by atoms with Gasteiger partial charge in [-0.2, -0.15) is 5.10 Å². The predicted octanol–water partition coefficient (Wildman–Crippen LogP) is 2.60. The molecule has 0 aliphatic heterocycles. The van der Waals surface area contributed by atoms with E-state index in [1.165, 1.54) is 6.26 Å². The molecule has 0 saturated carbocycles. The van der Waals surface area contributed by atoms with Crippen LogP contribution in [0.2, 0.25) is 0 Å².